The van der Waals surface area contributed by atoms with Crippen molar-refractivity contribution in [2.75, 3.05) is 10.3 Å². The van der Waals surface area contributed by atoms with Crippen LogP contribution in [0.2, 0.25) is 5.02 Å². The molecule has 0 radical (unpaired) electrons. The molecule has 0 atom stereocenters. The smallest absolute Gasteiger partial charge is 0.396 e. The largest absolute Gasteiger partial charge is 0.417 e. The van der Waals surface area contributed by atoms with E-state index in [0.29, 0.717) is 11.4 Å². The lowest BCUT2D eigenvalue weighted by Gasteiger charge is -2.19. The second kappa shape index (κ2) is 11.3. The zero-order valence-electron chi connectivity index (χ0n) is 19.8. The van der Waals surface area contributed by atoms with Crippen molar-refractivity contribution in [2.24, 2.45) is 11.6 Å². The summed E-state index contributed by atoms with van der Waals surface area (Å²) in [6.07, 6.45) is -1.58. The molecule has 0 saturated carbocycles. The number of anilines is 2. The van der Waals surface area contributed by atoms with E-state index >= 15 is 0 Å². The van der Waals surface area contributed by atoms with Crippen LogP contribution in [-0.4, -0.2) is 16.9 Å². The molecule has 192 valence electrons. The lowest BCUT2D eigenvalue weighted by molar-refractivity contribution is -0.137. The normalized spacial score (nSPS) is 12.2. The highest BCUT2D eigenvalue weighted by molar-refractivity contribution is 7.10. The third-order valence-electron chi connectivity index (χ3n) is 5.16. The van der Waals surface area contributed by atoms with Crippen molar-refractivity contribution in [3.63, 3.8) is 0 Å². The first-order chi connectivity index (χ1) is 16.9. The van der Waals surface area contributed by atoms with E-state index in [1.165, 1.54) is 34.7 Å². The van der Waals surface area contributed by atoms with Gasteiger partial charge in [-0.15, -0.1) is 11.3 Å². The van der Waals surface area contributed by atoms with Crippen molar-refractivity contribution in [1.29, 1.82) is 0 Å². The maximum Gasteiger partial charge on any atom is 0.417 e. The summed E-state index contributed by atoms with van der Waals surface area (Å²) in [5.41, 5.74) is 8.70. The first kappa shape index (κ1) is 27.5. The number of hydrogen-bond donors (Lipinski definition) is 4. The van der Waals surface area contributed by atoms with Gasteiger partial charge in [0, 0.05) is 36.2 Å². The number of hydrazine groups is 1. The molecule has 0 unspecified atom stereocenters. The molecule has 12 heteroatoms. The summed E-state index contributed by atoms with van der Waals surface area (Å²) in [4.78, 5) is 17.7. The quantitative estimate of drug-likeness (QED) is 0.222. The SMILES string of the molecule is Cc1ccc(C(=O)Nc2cc(CNC(C)C)c(Cl)c(C(F)(F)F)c2)cc1N(N)/C=C(\N)c1cncs1. The number of halogens is 4. The molecule has 0 saturated heterocycles. The summed E-state index contributed by atoms with van der Waals surface area (Å²) in [6, 6.07) is 7.04. The zero-order chi connectivity index (χ0) is 26.6. The van der Waals surface area contributed by atoms with Gasteiger partial charge in [0.1, 0.15) is 0 Å². The maximum absolute atomic E-state index is 13.6. The molecule has 0 aliphatic carbocycles. The first-order valence-electron chi connectivity index (χ1n) is 10.8. The second-order valence-electron chi connectivity index (χ2n) is 8.34. The van der Waals surface area contributed by atoms with Crippen LogP contribution in [0, 0.1) is 6.92 Å². The second-order valence-corrected chi connectivity index (χ2v) is 9.61. The van der Waals surface area contributed by atoms with Gasteiger partial charge < -0.3 is 16.4 Å². The zero-order valence-corrected chi connectivity index (χ0v) is 21.4. The predicted molar refractivity (Wildman–Crippen MR) is 139 cm³/mol. The number of thiazole rings is 1. The third-order valence-corrected chi connectivity index (χ3v) is 6.43. The molecule has 0 bridgehead atoms. The monoisotopic (exact) mass is 538 g/mol. The van der Waals surface area contributed by atoms with Crippen LogP contribution in [0.4, 0.5) is 24.5 Å². The van der Waals surface area contributed by atoms with Gasteiger partial charge >= 0.3 is 6.18 Å². The molecule has 3 rings (SSSR count). The topological polar surface area (TPSA) is 109 Å². The van der Waals surface area contributed by atoms with E-state index in [-0.39, 0.29) is 29.4 Å². The molecule has 1 amide bonds. The fourth-order valence-electron chi connectivity index (χ4n) is 3.28. The van der Waals surface area contributed by atoms with Crippen molar-refractivity contribution in [3.05, 3.63) is 80.4 Å². The van der Waals surface area contributed by atoms with E-state index in [0.717, 1.165) is 16.5 Å². The van der Waals surface area contributed by atoms with E-state index in [4.69, 9.17) is 23.2 Å². The van der Waals surface area contributed by atoms with Crippen LogP contribution < -0.4 is 27.2 Å². The minimum absolute atomic E-state index is 0.0259. The van der Waals surface area contributed by atoms with Crippen molar-refractivity contribution >= 4 is 45.9 Å². The van der Waals surface area contributed by atoms with Crippen LogP contribution in [0.25, 0.3) is 5.70 Å². The number of benzene rings is 2. The summed E-state index contributed by atoms with van der Waals surface area (Å²) in [6.45, 7) is 5.63. The van der Waals surface area contributed by atoms with E-state index in [9.17, 15) is 18.0 Å². The number of carbonyl (C=O) groups excluding carboxylic acids is 1. The number of nitrogens with one attached hydrogen (secondary N) is 2. The van der Waals surface area contributed by atoms with Crippen LogP contribution in [0.5, 0.6) is 0 Å². The Bertz CT molecular complexity index is 1260. The number of amides is 1. The maximum atomic E-state index is 13.6. The van der Waals surface area contributed by atoms with Crippen LogP contribution in [0.3, 0.4) is 0 Å². The van der Waals surface area contributed by atoms with Gasteiger partial charge in [-0.1, -0.05) is 31.5 Å². The van der Waals surface area contributed by atoms with Gasteiger partial charge in [-0.05, 0) is 42.3 Å². The van der Waals surface area contributed by atoms with E-state index < -0.39 is 22.7 Å². The van der Waals surface area contributed by atoms with Gasteiger partial charge in [0.05, 0.1) is 32.4 Å². The number of rotatable bonds is 8. The number of aryl methyl sites for hydroxylation is 1. The summed E-state index contributed by atoms with van der Waals surface area (Å²) in [5, 5.41) is 6.46. The Morgan fingerprint density at radius 1 is 1.28 bits per heavy atom. The molecule has 0 aliphatic rings. The van der Waals surface area contributed by atoms with Gasteiger partial charge in [0.25, 0.3) is 5.91 Å². The lowest BCUT2D eigenvalue weighted by Crippen LogP contribution is -2.27. The molecule has 2 aromatic carbocycles. The fraction of sp³-hybridized carbons (Fsp3) is 0.250. The highest BCUT2D eigenvalue weighted by atomic mass is 35.5. The summed E-state index contributed by atoms with van der Waals surface area (Å²) >= 11 is 7.39. The Balaban J connectivity index is 1.90. The van der Waals surface area contributed by atoms with Gasteiger partial charge in [-0.2, -0.15) is 13.2 Å². The van der Waals surface area contributed by atoms with Crippen LogP contribution in [0.15, 0.2) is 48.2 Å². The molecule has 0 fully saturated rings. The van der Waals surface area contributed by atoms with Crippen LogP contribution in [-0.2, 0) is 12.7 Å². The molecule has 1 heterocycles. The Hall–Kier alpha value is -3.12. The van der Waals surface area contributed by atoms with Gasteiger partial charge in [-0.3, -0.25) is 14.8 Å². The van der Waals surface area contributed by atoms with Crippen molar-refractivity contribution in [2.45, 2.75) is 39.5 Å². The molecular weight excluding hydrogens is 513 g/mol. The highest BCUT2D eigenvalue weighted by Crippen LogP contribution is 2.38. The Kier molecular flexibility index (Phi) is 8.62. The summed E-state index contributed by atoms with van der Waals surface area (Å²) in [5.74, 6) is 5.56. The molecule has 36 heavy (non-hydrogen) atoms. The molecule has 6 N–H and O–H groups in total. The van der Waals surface area contributed by atoms with Gasteiger partial charge in [0.2, 0.25) is 0 Å². The number of carbonyl (C=O) groups is 1. The number of hydrogen-bond acceptors (Lipinski definition) is 7. The van der Waals surface area contributed by atoms with Crippen LogP contribution in [0.1, 0.15) is 45.8 Å². The standard InChI is InChI=1S/C24H26ClF3N6OS/c1-13(2)32-9-16-6-17(8-18(22(16)25)24(26,27)28)33-23(35)15-5-4-14(3)20(7-15)34(30)11-19(29)21-10-31-12-36-21/h4-8,10-13,32H,9,29-30H2,1-3H3,(H,33,35)/b19-11-. The first-order valence-corrected chi connectivity index (χ1v) is 12.1. The predicted octanol–water partition coefficient (Wildman–Crippen LogP) is 5.51. The average molecular weight is 539 g/mol. The Morgan fingerprint density at radius 3 is 2.61 bits per heavy atom. The van der Waals surface area contributed by atoms with Crippen LogP contribution >= 0.6 is 22.9 Å². The van der Waals surface area contributed by atoms with E-state index in [1.807, 2.05) is 13.8 Å². The number of alkyl halides is 3. The van der Waals surface area contributed by atoms with Gasteiger partial charge in [0.15, 0.2) is 0 Å². The average Bonchev–Trinajstić information content (AvgIpc) is 3.33. The number of nitrogens with zero attached hydrogens (tertiary/aromatic N) is 2. The van der Waals surface area contributed by atoms with Crippen molar-refractivity contribution in [1.82, 2.24) is 10.3 Å². The van der Waals surface area contributed by atoms with Gasteiger partial charge in [-0.25, -0.2) is 5.84 Å². The third kappa shape index (κ3) is 6.76. The van der Waals surface area contributed by atoms with E-state index in [2.05, 4.69) is 15.6 Å². The fourth-order valence-corrected chi connectivity index (χ4v) is 4.11. The minimum Gasteiger partial charge on any atom is -0.396 e. The number of nitrogens with two attached hydrogens (primary N) is 2. The summed E-state index contributed by atoms with van der Waals surface area (Å²) in [7, 11) is 0. The molecular formula is C24H26ClF3N6OS. The Labute approximate surface area is 215 Å². The van der Waals surface area contributed by atoms with E-state index in [1.54, 1.807) is 30.8 Å². The molecule has 3 aromatic rings. The minimum atomic E-state index is -4.69. The lowest BCUT2D eigenvalue weighted by atomic mass is 10.1. The van der Waals surface area contributed by atoms with Crippen molar-refractivity contribution in [3.8, 4) is 0 Å². The number of aromatic nitrogens is 1. The molecule has 0 aliphatic heterocycles. The molecule has 7 nitrogen and oxygen atoms in total. The molecule has 1 aromatic heterocycles. The van der Waals surface area contributed by atoms with Crippen molar-refractivity contribution < 1.29 is 18.0 Å². The summed E-state index contributed by atoms with van der Waals surface area (Å²) < 4.78 is 40.8. The highest BCUT2D eigenvalue weighted by Gasteiger charge is 2.35. The Morgan fingerprint density at radius 2 is 2.00 bits per heavy atom. The molecule has 0 spiro atoms.